The third-order valence-corrected chi connectivity index (χ3v) is 9.25. The molecule has 2 aromatic rings. The van der Waals surface area contributed by atoms with E-state index in [-0.39, 0.29) is 58.2 Å². The van der Waals surface area contributed by atoms with Crippen LogP contribution in [-0.4, -0.2) is 59.5 Å². The Hall–Kier alpha value is -5.66. The molecular formula is C32H28N4O10. The highest BCUT2D eigenvalue weighted by Gasteiger charge is 2.57. The summed E-state index contributed by atoms with van der Waals surface area (Å²) in [6.07, 6.45) is 3.09. The van der Waals surface area contributed by atoms with Crippen molar-refractivity contribution in [2.24, 2.45) is 17.8 Å². The molecule has 46 heavy (non-hydrogen) atoms. The molecule has 2 aromatic carbocycles. The molecule has 0 spiro atoms. The predicted molar refractivity (Wildman–Crippen MR) is 163 cm³/mol. The number of imide groups is 1. The van der Waals surface area contributed by atoms with Crippen LogP contribution < -0.4 is 14.5 Å². The van der Waals surface area contributed by atoms with Gasteiger partial charge in [0.1, 0.15) is 0 Å². The number of phenols is 1. The number of anilines is 2. The molecule has 1 N–H and O–H groups in total. The third-order valence-electron chi connectivity index (χ3n) is 9.25. The van der Waals surface area contributed by atoms with Crippen LogP contribution in [0.4, 0.5) is 22.7 Å². The number of rotatable bonds is 6. The van der Waals surface area contributed by atoms with E-state index in [2.05, 4.69) is 0 Å². The van der Waals surface area contributed by atoms with Gasteiger partial charge in [0.25, 0.3) is 0 Å². The third kappa shape index (κ3) is 4.39. The minimum absolute atomic E-state index is 0.0119. The normalized spacial score (nSPS) is 23.8. The average molecular weight is 629 g/mol. The van der Waals surface area contributed by atoms with Gasteiger partial charge in [0.2, 0.25) is 11.8 Å². The van der Waals surface area contributed by atoms with Crippen molar-refractivity contribution in [1.82, 2.24) is 0 Å². The fraction of sp³-hybridized carbons (Fsp3) is 0.312. The van der Waals surface area contributed by atoms with Crippen molar-refractivity contribution in [3.8, 4) is 11.5 Å². The number of benzene rings is 2. The van der Waals surface area contributed by atoms with Gasteiger partial charge in [-0.15, -0.1) is 0 Å². The van der Waals surface area contributed by atoms with Gasteiger partial charge in [0.05, 0.1) is 34.5 Å². The first kappa shape index (κ1) is 30.4. The number of nitrogens with zero attached hydrogens (tertiary/aromatic N) is 4. The summed E-state index contributed by atoms with van der Waals surface area (Å²) < 4.78 is 5.18. The summed E-state index contributed by atoms with van der Waals surface area (Å²) in [5.74, 6) is -5.58. The molecule has 1 saturated heterocycles. The first-order valence-electron chi connectivity index (χ1n) is 14.4. The molecule has 0 bridgehead atoms. The van der Waals surface area contributed by atoms with Crippen molar-refractivity contribution in [3.05, 3.63) is 90.6 Å². The average Bonchev–Trinajstić information content (AvgIpc) is 3.27. The van der Waals surface area contributed by atoms with Crippen LogP contribution in [0.3, 0.4) is 0 Å². The van der Waals surface area contributed by atoms with Crippen LogP contribution in [0.15, 0.2) is 64.8 Å². The predicted octanol–water partition coefficient (Wildman–Crippen LogP) is 3.92. The first-order chi connectivity index (χ1) is 21.8. The highest BCUT2D eigenvalue weighted by atomic mass is 16.6. The fourth-order valence-corrected chi connectivity index (χ4v) is 7.34. The molecule has 14 heteroatoms. The Morgan fingerprint density at radius 2 is 1.63 bits per heavy atom. The number of hydrogen-bond donors (Lipinski definition) is 1. The minimum atomic E-state index is -1.02. The smallest absolute Gasteiger partial charge is 0.301 e. The number of hydrogen-bond acceptors (Lipinski definition) is 11. The maximum atomic E-state index is 14.2. The Morgan fingerprint density at radius 3 is 2.20 bits per heavy atom. The first-order valence-corrected chi connectivity index (χ1v) is 14.4. The molecule has 1 heterocycles. The lowest BCUT2D eigenvalue weighted by Crippen LogP contribution is -2.39. The SMILES string of the molecule is COc1ccc([C@H]2C3=CC[C@@H]4C(=O)N(c5cc([N+](=O)[O-])c(N(C)C)c([N+](=O)[O-])c5)C(=O)[C@@H]4[C@@H]3CC3=C2C(=O)C(C)=CC3=O)cc1O. The molecule has 0 unspecified atom stereocenters. The second kappa shape index (κ2) is 10.8. The van der Waals surface area contributed by atoms with Crippen molar-refractivity contribution >= 4 is 46.1 Å². The standard InChI is InChI=1S/C32H28N4O10/c1-14-9-23(37)20-13-19-17(26(28(20)30(14)39)15-5-8-25(46-4)24(38)10-15)6-7-18-27(19)32(41)34(31(18)40)16-11-21(35(42)43)29(33(2)3)22(12-16)36(44)45/h5-6,8-12,18-19,26-27,38H,7,13H2,1-4H3/t18-,19+,26-,27-/m0/s1. The van der Waals surface area contributed by atoms with E-state index in [9.17, 15) is 44.5 Å². The summed E-state index contributed by atoms with van der Waals surface area (Å²) >= 11 is 0. The van der Waals surface area contributed by atoms with Gasteiger partial charge in [0.15, 0.2) is 28.8 Å². The highest BCUT2D eigenvalue weighted by molar-refractivity contribution is 6.25. The highest BCUT2D eigenvalue weighted by Crippen LogP contribution is 2.56. The number of phenolic OH excluding ortho intramolecular Hbond substituents is 1. The molecule has 2 amide bonds. The zero-order chi connectivity index (χ0) is 33.4. The van der Waals surface area contributed by atoms with Crippen molar-refractivity contribution in [3.63, 3.8) is 0 Å². The molecule has 236 valence electrons. The molecule has 3 aliphatic carbocycles. The van der Waals surface area contributed by atoms with Crippen LogP contribution in [-0.2, 0) is 19.2 Å². The molecule has 4 atom stereocenters. The number of aromatic hydroxyl groups is 1. The van der Waals surface area contributed by atoms with Crippen LogP contribution in [0.1, 0.15) is 31.2 Å². The molecule has 4 aliphatic rings. The van der Waals surface area contributed by atoms with E-state index in [1.807, 2.05) is 0 Å². The molecule has 1 aliphatic heterocycles. The number of amides is 2. The Labute approximate surface area is 261 Å². The van der Waals surface area contributed by atoms with Crippen LogP contribution in [0.25, 0.3) is 0 Å². The summed E-state index contributed by atoms with van der Waals surface area (Å²) in [6, 6.07) is 6.58. The number of allylic oxidation sites excluding steroid dienone is 6. The summed E-state index contributed by atoms with van der Waals surface area (Å²) in [4.78, 5) is 79.3. The molecule has 0 aromatic heterocycles. The summed E-state index contributed by atoms with van der Waals surface area (Å²) in [7, 11) is 4.20. The number of ether oxygens (including phenoxy) is 1. The number of carbonyl (C=O) groups is 4. The van der Waals surface area contributed by atoms with Crippen molar-refractivity contribution < 1.29 is 38.9 Å². The lowest BCUT2D eigenvalue weighted by atomic mass is 9.59. The van der Waals surface area contributed by atoms with Crippen molar-refractivity contribution in [2.75, 3.05) is 31.0 Å². The van der Waals surface area contributed by atoms with Gasteiger partial charge in [-0.3, -0.25) is 39.4 Å². The minimum Gasteiger partial charge on any atom is -0.504 e. The van der Waals surface area contributed by atoms with Crippen LogP contribution in [0.5, 0.6) is 11.5 Å². The quantitative estimate of drug-likeness (QED) is 0.160. The second-order valence-electron chi connectivity index (χ2n) is 11.9. The number of nitro groups is 2. The van der Waals surface area contributed by atoms with Gasteiger partial charge in [0, 0.05) is 48.9 Å². The topological polar surface area (TPSA) is 190 Å². The number of ketones is 2. The Kier molecular flexibility index (Phi) is 7.10. The van der Waals surface area contributed by atoms with E-state index < -0.39 is 62.5 Å². The second-order valence-corrected chi connectivity index (χ2v) is 11.9. The van der Waals surface area contributed by atoms with E-state index in [4.69, 9.17) is 4.74 Å². The van der Waals surface area contributed by atoms with Crippen molar-refractivity contribution in [1.29, 1.82) is 0 Å². The van der Waals surface area contributed by atoms with Gasteiger partial charge in [-0.2, -0.15) is 0 Å². The molecule has 0 saturated carbocycles. The molecule has 0 radical (unpaired) electrons. The van der Waals surface area contributed by atoms with Gasteiger partial charge >= 0.3 is 11.4 Å². The maximum Gasteiger partial charge on any atom is 0.301 e. The van der Waals surface area contributed by atoms with Gasteiger partial charge in [-0.05, 0) is 49.5 Å². The zero-order valence-corrected chi connectivity index (χ0v) is 25.2. The zero-order valence-electron chi connectivity index (χ0n) is 25.2. The van der Waals surface area contributed by atoms with Gasteiger partial charge < -0.3 is 14.7 Å². The van der Waals surface area contributed by atoms with Crippen LogP contribution >= 0.6 is 0 Å². The van der Waals surface area contributed by atoms with E-state index in [0.717, 1.165) is 17.0 Å². The van der Waals surface area contributed by atoms with Crippen LogP contribution in [0.2, 0.25) is 0 Å². The van der Waals surface area contributed by atoms with E-state index >= 15 is 0 Å². The monoisotopic (exact) mass is 628 g/mol. The number of methoxy groups -OCH3 is 1. The van der Waals surface area contributed by atoms with E-state index in [1.54, 1.807) is 19.1 Å². The molecule has 1 fully saturated rings. The van der Waals surface area contributed by atoms with Crippen LogP contribution in [0, 0.1) is 38.0 Å². The number of carbonyl (C=O) groups excluding carboxylic acids is 4. The largest absolute Gasteiger partial charge is 0.504 e. The maximum absolute atomic E-state index is 14.2. The summed E-state index contributed by atoms with van der Waals surface area (Å²) in [6.45, 7) is 1.54. The Bertz CT molecular complexity index is 1870. The van der Waals surface area contributed by atoms with E-state index in [0.29, 0.717) is 11.1 Å². The number of nitro benzene ring substituents is 2. The fourth-order valence-electron chi connectivity index (χ4n) is 7.34. The lowest BCUT2D eigenvalue weighted by Gasteiger charge is -2.42. The lowest BCUT2D eigenvalue weighted by molar-refractivity contribution is -0.392. The Balaban J connectivity index is 1.48. The number of Topliss-reactive ketones (excluding diaryl/α,β-unsaturated/α-hetero) is 1. The van der Waals surface area contributed by atoms with Crippen molar-refractivity contribution in [2.45, 2.75) is 25.7 Å². The number of fused-ring (bicyclic) bond motifs is 3. The molecule has 6 rings (SSSR count). The summed E-state index contributed by atoms with van der Waals surface area (Å²) in [5, 5.41) is 34.6. The molecular weight excluding hydrogens is 600 g/mol. The van der Waals surface area contributed by atoms with Gasteiger partial charge in [-0.25, -0.2) is 4.90 Å². The Morgan fingerprint density at radius 1 is 0.978 bits per heavy atom. The van der Waals surface area contributed by atoms with E-state index in [1.165, 1.54) is 44.3 Å². The van der Waals surface area contributed by atoms with Gasteiger partial charge in [-0.1, -0.05) is 17.7 Å². The molecule has 14 nitrogen and oxygen atoms in total. The summed E-state index contributed by atoms with van der Waals surface area (Å²) in [5.41, 5.74) is -0.0770.